The number of carbonyl (C=O) groups is 2. The first kappa shape index (κ1) is 22.7. The van der Waals surface area contributed by atoms with Gasteiger partial charge in [-0.1, -0.05) is 29.3 Å². The molecular weight excluding hydrogens is 445 g/mol. The first-order valence-electron chi connectivity index (χ1n) is 9.44. The Bertz CT molecular complexity index is 1060. The van der Waals surface area contributed by atoms with Gasteiger partial charge in [-0.2, -0.15) is 0 Å². The van der Waals surface area contributed by atoms with Crippen LogP contribution in [0.25, 0.3) is 6.08 Å². The number of aliphatic imine (C=N–C) groups is 1. The number of hydrogen-bond acceptors (Lipinski definition) is 7. The molecule has 162 valence electrons. The van der Waals surface area contributed by atoms with Crippen LogP contribution in [-0.2, 0) is 19.1 Å². The van der Waals surface area contributed by atoms with Crippen LogP contribution in [0.2, 0.25) is 10.0 Å². The lowest BCUT2D eigenvalue weighted by Gasteiger charge is -2.12. The molecular formula is C22H19Cl2NO6. The number of hydrogen-bond donors (Lipinski definition) is 0. The van der Waals surface area contributed by atoms with Crippen molar-refractivity contribution in [1.29, 1.82) is 0 Å². The van der Waals surface area contributed by atoms with Crippen molar-refractivity contribution >= 4 is 47.1 Å². The van der Waals surface area contributed by atoms with Gasteiger partial charge in [-0.05, 0) is 55.8 Å². The van der Waals surface area contributed by atoms with Crippen molar-refractivity contribution in [1.82, 2.24) is 0 Å². The highest BCUT2D eigenvalue weighted by molar-refractivity contribution is 6.42. The first-order valence-corrected chi connectivity index (χ1v) is 10.2. The van der Waals surface area contributed by atoms with Crippen molar-refractivity contribution in [2.75, 3.05) is 19.8 Å². The van der Waals surface area contributed by atoms with Crippen LogP contribution in [0.5, 0.6) is 11.5 Å². The Morgan fingerprint density at radius 2 is 1.84 bits per heavy atom. The van der Waals surface area contributed by atoms with E-state index in [2.05, 4.69) is 4.99 Å². The summed E-state index contributed by atoms with van der Waals surface area (Å²) >= 11 is 11.9. The van der Waals surface area contributed by atoms with E-state index in [1.54, 1.807) is 49.4 Å². The summed E-state index contributed by atoms with van der Waals surface area (Å²) < 4.78 is 21.2. The summed E-state index contributed by atoms with van der Waals surface area (Å²) in [4.78, 5) is 28.0. The Labute approximate surface area is 189 Å². The second-order valence-corrected chi connectivity index (χ2v) is 7.01. The van der Waals surface area contributed by atoms with Gasteiger partial charge in [-0.25, -0.2) is 14.6 Å². The van der Waals surface area contributed by atoms with Gasteiger partial charge in [0.05, 0.1) is 23.3 Å². The Hall–Kier alpha value is -3.03. The average molecular weight is 464 g/mol. The minimum atomic E-state index is -0.596. The third kappa shape index (κ3) is 5.77. The van der Waals surface area contributed by atoms with Crippen molar-refractivity contribution in [3.8, 4) is 11.5 Å². The maximum absolute atomic E-state index is 12.3. The van der Waals surface area contributed by atoms with Gasteiger partial charge in [0.1, 0.15) is 0 Å². The van der Waals surface area contributed by atoms with Crippen LogP contribution in [-0.4, -0.2) is 37.7 Å². The maximum Gasteiger partial charge on any atom is 0.363 e. The summed E-state index contributed by atoms with van der Waals surface area (Å²) in [5.74, 6) is -0.142. The number of carbonyl (C=O) groups excluding carboxylic acids is 2. The molecule has 0 amide bonds. The Morgan fingerprint density at radius 1 is 1.03 bits per heavy atom. The van der Waals surface area contributed by atoms with Gasteiger partial charge in [-0.3, -0.25) is 0 Å². The van der Waals surface area contributed by atoms with E-state index in [0.29, 0.717) is 39.3 Å². The molecule has 31 heavy (non-hydrogen) atoms. The van der Waals surface area contributed by atoms with Crippen molar-refractivity contribution in [3.63, 3.8) is 0 Å². The molecule has 7 nitrogen and oxygen atoms in total. The van der Waals surface area contributed by atoms with E-state index in [1.165, 1.54) is 0 Å². The van der Waals surface area contributed by atoms with Gasteiger partial charge in [0.2, 0.25) is 5.90 Å². The number of nitrogens with zero attached hydrogens (tertiary/aromatic N) is 1. The minimum absolute atomic E-state index is 0.115. The van der Waals surface area contributed by atoms with E-state index in [4.69, 9.17) is 42.1 Å². The predicted octanol–water partition coefficient (Wildman–Crippen LogP) is 4.68. The van der Waals surface area contributed by atoms with Crippen LogP contribution in [0.15, 0.2) is 47.1 Å². The summed E-state index contributed by atoms with van der Waals surface area (Å²) in [6, 6.07) is 9.85. The first-order chi connectivity index (χ1) is 14.9. The molecule has 2 aromatic carbocycles. The zero-order valence-electron chi connectivity index (χ0n) is 16.8. The van der Waals surface area contributed by atoms with Crippen LogP contribution < -0.4 is 9.47 Å². The Balaban J connectivity index is 1.83. The van der Waals surface area contributed by atoms with Gasteiger partial charge in [0.25, 0.3) is 0 Å². The van der Waals surface area contributed by atoms with Crippen LogP contribution in [0, 0.1) is 0 Å². The second-order valence-electron chi connectivity index (χ2n) is 6.20. The molecule has 0 atom stereocenters. The van der Waals surface area contributed by atoms with Crippen molar-refractivity contribution in [3.05, 3.63) is 63.3 Å². The fraction of sp³-hybridized carbons (Fsp3) is 0.227. The van der Waals surface area contributed by atoms with E-state index in [1.807, 2.05) is 6.92 Å². The smallest absolute Gasteiger partial charge is 0.363 e. The molecule has 0 fully saturated rings. The van der Waals surface area contributed by atoms with E-state index in [0.717, 1.165) is 0 Å². The highest BCUT2D eigenvalue weighted by Gasteiger charge is 2.24. The summed E-state index contributed by atoms with van der Waals surface area (Å²) in [6.07, 6.45) is 1.56. The molecule has 0 unspecified atom stereocenters. The minimum Gasteiger partial charge on any atom is -0.490 e. The topological polar surface area (TPSA) is 83.4 Å². The van der Waals surface area contributed by atoms with E-state index in [9.17, 15) is 9.59 Å². The molecule has 0 radical (unpaired) electrons. The molecule has 1 heterocycles. The average Bonchev–Trinajstić information content (AvgIpc) is 3.10. The van der Waals surface area contributed by atoms with Crippen LogP contribution in [0.4, 0.5) is 0 Å². The van der Waals surface area contributed by atoms with Crippen molar-refractivity contribution in [2.45, 2.75) is 13.8 Å². The standard InChI is InChI=1S/C22H19Cl2NO6/c1-3-28-19-10-13(5-8-18(19)30-12-20(26)29-4-2)9-17-22(27)31-21(25-17)14-6-7-15(23)16(24)11-14/h5-11H,3-4,12H2,1-2H3/b17-9-. The largest absolute Gasteiger partial charge is 0.490 e. The molecule has 0 saturated carbocycles. The number of rotatable bonds is 8. The summed E-state index contributed by atoms with van der Waals surface area (Å²) in [5.41, 5.74) is 1.28. The lowest BCUT2D eigenvalue weighted by molar-refractivity contribution is -0.145. The van der Waals surface area contributed by atoms with Gasteiger partial charge in [0.15, 0.2) is 23.8 Å². The summed E-state index contributed by atoms with van der Waals surface area (Å²) in [7, 11) is 0. The van der Waals surface area contributed by atoms with E-state index >= 15 is 0 Å². The zero-order chi connectivity index (χ0) is 22.4. The van der Waals surface area contributed by atoms with Gasteiger partial charge in [-0.15, -0.1) is 0 Å². The van der Waals surface area contributed by atoms with Crippen LogP contribution >= 0.6 is 23.2 Å². The number of halogens is 2. The van der Waals surface area contributed by atoms with Crippen LogP contribution in [0.1, 0.15) is 25.0 Å². The predicted molar refractivity (Wildman–Crippen MR) is 117 cm³/mol. The zero-order valence-corrected chi connectivity index (χ0v) is 18.3. The maximum atomic E-state index is 12.3. The quantitative estimate of drug-likeness (QED) is 0.417. The number of esters is 2. The third-order valence-corrected chi connectivity index (χ3v) is 4.75. The monoisotopic (exact) mass is 463 g/mol. The van der Waals surface area contributed by atoms with Gasteiger partial charge in [0, 0.05) is 5.56 Å². The molecule has 0 saturated heterocycles. The number of cyclic esters (lactones) is 1. The lowest BCUT2D eigenvalue weighted by atomic mass is 10.1. The number of ether oxygens (including phenoxy) is 4. The van der Waals surface area contributed by atoms with Crippen molar-refractivity contribution < 1.29 is 28.5 Å². The Kier molecular flexibility index (Phi) is 7.55. The molecule has 0 aliphatic carbocycles. The fourth-order valence-corrected chi connectivity index (χ4v) is 2.96. The highest BCUT2D eigenvalue weighted by atomic mass is 35.5. The van der Waals surface area contributed by atoms with Crippen LogP contribution in [0.3, 0.4) is 0 Å². The molecule has 1 aliphatic rings. The normalized spacial score (nSPS) is 14.3. The molecule has 0 aromatic heterocycles. The second kappa shape index (κ2) is 10.3. The highest BCUT2D eigenvalue weighted by Crippen LogP contribution is 2.31. The van der Waals surface area contributed by atoms with Gasteiger partial charge < -0.3 is 18.9 Å². The molecule has 2 aromatic rings. The SMILES string of the molecule is CCOC(=O)COc1ccc(/C=C2\N=C(c3ccc(Cl)c(Cl)c3)OC2=O)cc1OCC. The summed E-state index contributed by atoms with van der Waals surface area (Å²) in [5, 5.41) is 0.718. The lowest BCUT2D eigenvalue weighted by Crippen LogP contribution is -2.15. The Morgan fingerprint density at radius 3 is 2.55 bits per heavy atom. The number of benzene rings is 2. The molecule has 1 aliphatic heterocycles. The summed E-state index contributed by atoms with van der Waals surface area (Å²) in [6.45, 7) is 3.96. The molecule has 9 heteroatoms. The molecule has 0 bridgehead atoms. The third-order valence-electron chi connectivity index (χ3n) is 4.01. The van der Waals surface area contributed by atoms with E-state index in [-0.39, 0.29) is 24.8 Å². The molecule has 0 spiro atoms. The fourth-order valence-electron chi connectivity index (χ4n) is 2.66. The van der Waals surface area contributed by atoms with Crippen molar-refractivity contribution in [2.24, 2.45) is 4.99 Å². The van der Waals surface area contributed by atoms with Gasteiger partial charge >= 0.3 is 11.9 Å². The molecule has 0 N–H and O–H groups in total. The van der Waals surface area contributed by atoms with E-state index < -0.39 is 11.9 Å². The molecule has 3 rings (SSSR count).